The van der Waals surface area contributed by atoms with Gasteiger partial charge >= 0.3 is 229 Å². The maximum absolute atomic E-state index is 12.5. The predicted molar refractivity (Wildman–Crippen MR) is 528 cm³/mol. The molecule has 14 aromatic rings. The summed E-state index contributed by atoms with van der Waals surface area (Å²) in [7, 11) is 8.74. The number of nitro groups is 4. The van der Waals surface area contributed by atoms with Crippen molar-refractivity contribution in [3.63, 3.8) is 0 Å². The van der Waals surface area contributed by atoms with Crippen LogP contribution in [0.5, 0.6) is 5.75 Å². The fraction of sp³-hybridized carbons (Fsp3) is 0.161. The van der Waals surface area contributed by atoms with Crippen LogP contribution < -0.4 is 39.5 Å². The molecule has 0 atom stereocenters. The topological polar surface area (TPSA) is 231 Å². The molecule has 0 radical (unpaired) electrons. The van der Waals surface area contributed by atoms with Crippen molar-refractivity contribution < 1.29 is 53.5 Å². The molecule has 2 aliphatic rings. The molecular formula is C93H81Br2Cl2F3N8O9P2PdS5Sn. The second kappa shape index (κ2) is 48.0. The van der Waals surface area contributed by atoms with Crippen LogP contribution in [0.2, 0.25) is 13.3 Å². The van der Waals surface area contributed by atoms with E-state index in [1.54, 1.807) is 37.6 Å². The molecule has 0 saturated carbocycles. The first-order valence-electron chi connectivity index (χ1n) is 39.5. The van der Waals surface area contributed by atoms with E-state index in [-0.39, 0.29) is 58.8 Å². The molecule has 17 nitrogen and oxygen atoms in total. The van der Waals surface area contributed by atoms with Crippen LogP contribution in [0.1, 0.15) is 70.4 Å². The summed E-state index contributed by atoms with van der Waals surface area (Å²) in [6.07, 6.45) is 3.56. The van der Waals surface area contributed by atoms with E-state index in [0.717, 1.165) is 62.2 Å². The van der Waals surface area contributed by atoms with Crippen molar-refractivity contribution in [1.82, 2.24) is 0 Å². The molecule has 0 N–H and O–H groups in total. The van der Waals surface area contributed by atoms with Gasteiger partial charge in [-0.2, -0.15) is 17.5 Å². The summed E-state index contributed by atoms with van der Waals surface area (Å²) in [6, 6.07) is 98.2. The molecule has 16 rings (SSSR count). The number of benzene rings is 11. The van der Waals surface area contributed by atoms with Crippen LogP contribution >= 0.6 is 101 Å². The Balaban J connectivity index is 0.000000160. The van der Waals surface area contributed by atoms with E-state index in [1.165, 1.54) is 110 Å². The molecule has 0 bridgehead atoms. The van der Waals surface area contributed by atoms with Gasteiger partial charge in [0.15, 0.2) is 0 Å². The Morgan fingerprint density at radius 3 is 0.921 bits per heavy atom. The molecule has 0 amide bonds. The number of alkyl halides is 3. The molecular weight excluding hydrogens is 2110 g/mol. The van der Waals surface area contributed by atoms with Crippen LogP contribution in [0.15, 0.2) is 318 Å². The van der Waals surface area contributed by atoms with Gasteiger partial charge in [-0.3, -0.25) is 40.5 Å². The minimum Gasteiger partial charge on any atom is -0.0622 e. The first-order valence-corrected chi connectivity index (χ1v) is 59.1. The number of rotatable bonds is 26. The Morgan fingerprint density at radius 2 is 0.643 bits per heavy atom. The normalized spacial score (nSPS) is 11.5. The van der Waals surface area contributed by atoms with Crippen molar-refractivity contribution in [1.29, 1.82) is 0 Å². The number of aryl methyl sites for hydroxylation is 2. The van der Waals surface area contributed by atoms with Crippen molar-refractivity contribution >= 4 is 222 Å². The van der Waals surface area contributed by atoms with Crippen molar-refractivity contribution in [3.05, 3.63) is 352 Å². The number of fused-ring (bicyclic) bond motifs is 2. The molecule has 650 valence electrons. The summed E-state index contributed by atoms with van der Waals surface area (Å²) in [5, 5.41) is 55.2. The van der Waals surface area contributed by atoms with Crippen LogP contribution in [-0.2, 0) is 38.6 Å². The van der Waals surface area contributed by atoms with E-state index in [9.17, 15) is 53.6 Å². The number of halogens is 7. The standard InChI is InChI=1S/C28H15F3N4O5S3.2C18H15P.C11H9S.C6Br2N4O4S.3C4H9.2ClH.Pd.Sn/c1-14-2-4-15(5-3-14)18-10-12-20(41-18)22-24-25(33-43-32-24)23(27(35(38)39)26(22)34(36)37)21-13-11-19(42-21)16-6-8-17(9-7-16)40-28(29,30)31;2*1-4-10-16(11-5-1)19(17-12-6-2-7-13-17)18-14-8-3-9-15-18;1-9-4-6-10(7-5-9)11-3-2-8-12-11;7-1-3-4(10-17-9-3)2(8)6(12(15)16)5(1)11(13)14;3*1-3-4-2;;;;/h2-13H,1H3;2*1-15H;2-7H,1H3;;3*1,3-4H2,2H3;2*1H;;/q;;;;;;;;;;+2;/p-2. The molecule has 0 saturated heterocycles. The van der Waals surface area contributed by atoms with Gasteiger partial charge < -0.3 is 4.74 Å². The maximum Gasteiger partial charge on any atom is -0.0134 e. The largest absolute Gasteiger partial charge is 0.0622 e. The van der Waals surface area contributed by atoms with Crippen LogP contribution in [0.4, 0.5) is 58.7 Å². The molecule has 0 aliphatic carbocycles. The summed E-state index contributed by atoms with van der Waals surface area (Å²) in [5.74, 6) is -0.399. The molecule has 2 aliphatic heterocycles. The number of nitro benzene ring substituents is 4. The van der Waals surface area contributed by atoms with Crippen molar-refractivity contribution in [2.45, 2.75) is 92.8 Å². The third-order valence-corrected chi connectivity index (χ3v) is 49.1. The average Bonchev–Trinajstić information content (AvgIpc) is 1.47. The molecule has 126 heavy (non-hydrogen) atoms. The third kappa shape index (κ3) is 25.6. The van der Waals surface area contributed by atoms with Crippen molar-refractivity contribution in [2.75, 3.05) is 0 Å². The average molecular weight is 2190 g/mol. The Morgan fingerprint density at radius 1 is 0.381 bits per heavy atom. The quantitative estimate of drug-likeness (QED) is 0.0217. The maximum atomic E-state index is 12.5. The number of thiophene rings is 3. The predicted octanol–water partition coefficient (Wildman–Crippen LogP) is 30.0. The first-order chi connectivity index (χ1) is 60.9. The number of unbranched alkanes of at least 4 members (excludes halogenated alkanes) is 3. The SMILES string of the molecule is CCC[CH2][Sn]([CH2]CCC)([CH2]CCC)[c]1ccc(-c2ccc(C)cc2)s1.Cc1ccc(-c2ccc(-c3c4c(c(-c5ccc(-c6ccc(OC(F)(F)F)cc6)s5)c([N+](=O)[O-])c3[N+](=O)[O-])N=S=N4)s2)cc1.O=[N+]([O-])c1c(Br)c2c(c(Br)c1[N+](=O)[O-])N=S=N2.[Cl][Pd][Cl].c1ccc(P(c2ccccc2)c2ccccc2)cc1.c1ccc(P(c2ccccc2)c2ccccc2)cc1. The smallest absolute Gasteiger partial charge is 0.0134 e. The monoisotopic (exact) mass is 2190 g/mol. The van der Waals surface area contributed by atoms with E-state index in [4.69, 9.17) is 19.1 Å². The van der Waals surface area contributed by atoms with Crippen molar-refractivity contribution in [2.24, 2.45) is 17.5 Å². The van der Waals surface area contributed by atoms with Gasteiger partial charge in [0.05, 0.1) is 42.4 Å². The molecule has 3 aromatic heterocycles. The summed E-state index contributed by atoms with van der Waals surface area (Å²) in [5.41, 5.74) is 3.28. The number of ether oxygens (including phenoxy) is 1. The Hall–Kier alpha value is -8.79. The van der Waals surface area contributed by atoms with E-state index in [0.29, 0.717) is 20.2 Å². The van der Waals surface area contributed by atoms with Gasteiger partial charge in [0.1, 0.15) is 48.6 Å². The molecule has 5 heterocycles. The molecule has 11 aromatic carbocycles. The Bertz CT molecular complexity index is 5830. The van der Waals surface area contributed by atoms with Gasteiger partial charge in [-0.15, -0.1) is 35.8 Å². The summed E-state index contributed by atoms with van der Waals surface area (Å²) in [4.78, 5) is 47.2. The molecule has 33 heteroatoms. The van der Waals surface area contributed by atoms with E-state index >= 15 is 0 Å². The van der Waals surface area contributed by atoms with Crippen molar-refractivity contribution in [3.8, 4) is 58.0 Å². The summed E-state index contributed by atoms with van der Waals surface area (Å²) >= 11 is 9.64. The minimum absolute atomic E-state index is 0.0181. The van der Waals surface area contributed by atoms with E-state index < -0.39 is 88.8 Å². The zero-order valence-corrected chi connectivity index (χ0v) is 83.2. The second-order valence-corrected chi connectivity index (χ2v) is 55.2. The fourth-order valence-corrected chi connectivity index (χ4v) is 43.4. The fourth-order valence-electron chi connectivity index (χ4n) is 14.0. The number of nitrogens with zero attached hydrogens (tertiary/aromatic N) is 8. The molecule has 0 unspecified atom stereocenters. The first kappa shape index (κ1) is 97.8. The zero-order chi connectivity index (χ0) is 89.9. The van der Waals surface area contributed by atoms with E-state index in [2.05, 4.69) is 311 Å². The third-order valence-electron chi connectivity index (χ3n) is 19.9. The van der Waals surface area contributed by atoms with Crippen LogP contribution in [0, 0.1) is 54.3 Å². The number of hydrogen-bond donors (Lipinski definition) is 0. The van der Waals surface area contributed by atoms with Gasteiger partial charge in [0, 0.05) is 19.5 Å². The summed E-state index contributed by atoms with van der Waals surface area (Å²) < 4.78 is 64.4. The number of hydrogen-bond acceptors (Lipinski definition) is 16. The van der Waals surface area contributed by atoms with Gasteiger partial charge in [0.25, 0.3) is 0 Å². The van der Waals surface area contributed by atoms with E-state index in [1.807, 2.05) is 34.1 Å². The minimum atomic E-state index is -4.84. The van der Waals surface area contributed by atoms with Gasteiger partial charge in [-0.25, -0.2) is 0 Å². The van der Waals surface area contributed by atoms with Gasteiger partial charge in [-0.05, 0) is 146 Å². The Labute approximate surface area is 787 Å². The summed E-state index contributed by atoms with van der Waals surface area (Å²) in [6.45, 7) is 11.2. The second-order valence-electron chi connectivity index (χ2n) is 28.3. The molecule has 0 fully saturated rings. The zero-order valence-electron chi connectivity index (χ0n) is 68.2. The van der Waals surface area contributed by atoms with Crippen LogP contribution in [-0.4, -0.2) is 44.4 Å². The molecule has 0 spiro atoms. The van der Waals surface area contributed by atoms with Crippen LogP contribution in [0.3, 0.4) is 0 Å². The van der Waals surface area contributed by atoms with Gasteiger partial charge in [-0.1, -0.05) is 212 Å². The Kier molecular flexibility index (Phi) is 37.3. The van der Waals surface area contributed by atoms with Crippen LogP contribution in [0.25, 0.3) is 52.2 Å². The van der Waals surface area contributed by atoms with Gasteiger partial charge in [0.2, 0.25) is 0 Å².